The number of rotatable bonds is 4. The molecule has 1 aliphatic heterocycles. The third-order valence-electron chi connectivity index (χ3n) is 5.15. The van der Waals surface area contributed by atoms with Gasteiger partial charge in [-0.1, -0.05) is 18.2 Å². The topological polar surface area (TPSA) is 80.8 Å². The largest absolute Gasteiger partial charge is 0.496 e. The minimum absolute atomic E-state index is 0.241. The monoisotopic (exact) mass is 398 g/mol. The number of hydrazone groups is 1. The molecular formula is C23H18N4O3. The molecule has 0 aliphatic carbocycles. The van der Waals surface area contributed by atoms with Crippen molar-refractivity contribution in [1.82, 2.24) is 15.0 Å². The fourth-order valence-corrected chi connectivity index (χ4v) is 3.70. The Morgan fingerprint density at radius 3 is 2.70 bits per heavy atom. The highest BCUT2D eigenvalue weighted by molar-refractivity contribution is 6.06. The van der Waals surface area contributed by atoms with Crippen molar-refractivity contribution < 1.29 is 13.9 Å². The van der Waals surface area contributed by atoms with Gasteiger partial charge in [0.15, 0.2) is 5.76 Å². The number of hydrogen-bond acceptors (Lipinski definition) is 6. The van der Waals surface area contributed by atoms with E-state index >= 15 is 0 Å². The van der Waals surface area contributed by atoms with Crippen LogP contribution in [0.3, 0.4) is 0 Å². The molecule has 2 aromatic carbocycles. The van der Waals surface area contributed by atoms with Crippen LogP contribution in [0.5, 0.6) is 5.75 Å². The summed E-state index contributed by atoms with van der Waals surface area (Å²) in [6, 6.07) is 16.5. The fourth-order valence-electron chi connectivity index (χ4n) is 3.70. The average Bonchev–Trinajstić information content (AvgIpc) is 3.49. The number of aromatic nitrogens is 2. The highest BCUT2D eigenvalue weighted by Crippen LogP contribution is 2.36. The number of furan rings is 1. The summed E-state index contributed by atoms with van der Waals surface area (Å²) in [5, 5.41) is 6.17. The first-order valence-corrected chi connectivity index (χ1v) is 9.53. The summed E-state index contributed by atoms with van der Waals surface area (Å²) in [6.07, 6.45) is 5.34. The molecule has 5 rings (SSSR count). The second-order valence-electron chi connectivity index (χ2n) is 6.90. The van der Waals surface area contributed by atoms with Gasteiger partial charge in [-0.15, -0.1) is 0 Å². The fraction of sp³-hybridized carbons (Fsp3) is 0.130. The van der Waals surface area contributed by atoms with Crippen molar-refractivity contribution >= 4 is 22.7 Å². The summed E-state index contributed by atoms with van der Waals surface area (Å²) >= 11 is 0. The van der Waals surface area contributed by atoms with Crippen LogP contribution in [0.15, 0.2) is 82.8 Å². The number of fused-ring (bicyclic) bond motifs is 1. The van der Waals surface area contributed by atoms with Gasteiger partial charge in [-0.3, -0.25) is 14.8 Å². The number of carbonyl (C=O) groups excluding carboxylic acids is 1. The number of methoxy groups -OCH3 is 1. The molecule has 3 heterocycles. The third-order valence-corrected chi connectivity index (χ3v) is 5.15. The van der Waals surface area contributed by atoms with Gasteiger partial charge in [-0.25, -0.2) is 5.01 Å². The van der Waals surface area contributed by atoms with Gasteiger partial charge < -0.3 is 9.15 Å². The molecule has 0 bridgehead atoms. The van der Waals surface area contributed by atoms with Crippen molar-refractivity contribution in [2.45, 2.75) is 12.5 Å². The number of ether oxygens (including phenoxy) is 1. The molecule has 2 aromatic heterocycles. The zero-order valence-electron chi connectivity index (χ0n) is 16.2. The van der Waals surface area contributed by atoms with Crippen LogP contribution in [-0.4, -0.2) is 33.7 Å². The van der Waals surface area contributed by atoms with Gasteiger partial charge in [0, 0.05) is 24.4 Å². The number of amides is 1. The first-order chi connectivity index (χ1) is 14.7. The molecule has 7 heteroatoms. The Balaban J connectivity index is 1.59. The standard InChI is InChI=1S/C23H18N4O3/c1-29-21-6-3-2-5-16(21)18-14-20(27(26-18)23(28)22-7-4-12-30-22)15-8-9-17-19(13-15)25-11-10-24-17/h2-13,20H,14H2,1H3/t20-/m1/s1. The van der Waals surface area contributed by atoms with E-state index in [0.717, 1.165) is 27.9 Å². The van der Waals surface area contributed by atoms with Crippen molar-refractivity contribution in [3.05, 3.63) is 90.1 Å². The maximum absolute atomic E-state index is 13.2. The summed E-state index contributed by atoms with van der Waals surface area (Å²) in [4.78, 5) is 21.9. The van der Waals surface area contributed by atoms with Gasteiger partial charge in [0.25, 0.3) is 0 Å². The number of nitrogens with zero attached hydrogens (tertiary/aromatic N) is 4. The molecule has 0 N–H and O–H groups in total. The van der Waals surface area contributed by atoms with E-state index in [2.05, 4.69) is 15.1 Å². The van der Waals surface area contributed by atoms with E-state index in [1.807, 2.05) is 42.5 Å². The molecule has 0 unspecified atom stereocenters. The molecule has 0 saturated heterocycles. The zero-order valence-corrected chi connectivity index (χ0v) is 16.2. The van der Waals surface area contributed by atoms with Crippen LogP contribution >= 0.6 is 0 Å². The molecule has 148 valence electrons. The molecule has 4 aromatic rings. The Kier molecular flexibility index (Phi) is 4.48. The van der Waals surface area contributed by atoms with Crippen LogP contribution in [0.4, 0.5) is 0 Å². The van der Waals surface area contributed by atoms with Crippen molar-refractivity contribution in [3.8, 4) is 5.75 Å². The van der Waals surface area contributed by atoms with E-state index in [4.69, 9.17) is 9.15 Å². The molecule has 0 radical (unpaired) electrons. The van der Waals surface area contributed by atoms with Gasteiger partial charge in [0.2, 0.25) is 0 Å². The molecule has 7 nitrogen and oxygen atoms in total. The zero-order chi connectivity index (χ0) is 20.5. The molecule has 30 heavy (non-hydrogen) atoms. The van der Waals surface area contributed by atoms with E-state index in [-0.39, 0.29) is 17.7 Å². The smallest absolute Gasteiger partial charge is 0.310 e. The normalized spacial score (nSPS) is 16.0. The lowest BCUT2D eigenvalue weighted by Crippen LogP contribution is -2.26. The van der Waals surface area contributed by atoms with Gasteiger partial charge in [0.1, 0.15) is 5.75 Å². The Hall–Kier alpha value is -4.00. The van der Waals surface area contributed by atoms with E-state index in [9.17, 15) is 4.79 Å². The molecule has 1 atom stereocenters. The van der Waals surface area contributed by atoms with E-state index in [1.54, 1.807) is 31.6 Å². The molecule has 1 aliphatic rings. The molecule has 0 saturated carbocycles. The van der Waals surface area contributed by atoms with Crippen molar-refractivity contribution in [3.63, 3.8) is 0 Å². The summed E-state index contributed by atoms with van der Waals surface area (Å²) in [6.45, 7) is 0. The molecule has 1 amide bonds. The van der Waals surface area contributed by atoms with E-state index in [1.165, 1.54) is 11.3 Å². The minimum atomic E-state index is -0.297. The predicted octanol–water partition coefficient (Wildman–Crippen LogP) is 4.22. The number of hydrogen-bond donors (Lipinski definition) is 0. The quantitative estimate of drug-likeness (QED) is 0.514. The van der Waals surface area contributed by atoms with Crippen LogP contribution < -0.4 is 4.74 Å². The Morgan fingerprint density at radius 1 is 1.07 bits per heavy atom. The second kappa shape index (κ2) is 7.44. The van der Waals surface area contributed by atoms with E-state index in [0.29, 0.717) is 12.2 Å². The maximum Gasteiger partial charge on any atom is 0.310 e. The highest BCUT2D eigenvalue weighted by atomic mass is 16.5. The Morgan fingerprint density at radius 2 is 1.90 bits per heavy atom. The van der Waals surface area contributed by atoms with Crippen molar-refractivity contribution in [2.24, 2.45) is 5.10 Å². The lowest BCUT2D eigenvalue weighted by Gasteiger charge is -2.21. The number of benzene rings is 2. The van der Waals surface area contributed by atoms with Gasteiger partial charge >= 0.3 is 5.91 Å². The SMILES string of the molecule is COc1ccccc1C1=NN(C(=O)c2ccco2)[C@@H](c2ccc3nccnc3c2)C1. The van der Waals surface area contributed by atoms with Crippen LogP contribution in [0.2, 0.25) is 0 Å². The summed E-state index contributed by atoms with van der Waals surface area (Å²) in [7, 11) is 1.62. The molecule has 0 fully saturated rings. The summed E-state index contributed by atoms with van der Waals surface area (Å²) in [5.41, 5.74) is 4.13. The average molecular weight is 398 g/mol. The van der Waals surface area contributed by atoms with Gasteiger partial charge in [0.05, 0.1) is 36.2 Å². The second-order valence-corrected chi connectivity index (χ2v) is 6.90. The summed E-state index contributed by atoms with van der Waals surface area (Å²) in [5.74, 6) is 0.659. The van der Waals surface area contributed by atoms with Crippen LogP contribution in [0.1, 0.15) is 34.1 Å². The molecular weight excluding hydrogens is 380 g/mol. The lowest BCUT2D eigenvalue weighted by atomic mass is 9.97. The molecule has 0 spiro atoms. The van der Waals surface area contributed by atoms with E-state index < -0.39 is 0 Å². The first-order valence-electron chi connectivity index (χ1n) is 9.53. The van der Waals surface area contributed by atoms with Gasteiger partial charge in [-0.05, 0) is 42.0 Å². The van der Waals surface area contributed by atoms with Crippen molar-refractivity contribution in [2.75, 3.05) is 7.11 Å². The lowest BCUT2D eigenvalue weighted by molar-refractivity contribution is 0.0678. The van der Waals surface area contributed by atoms with Crippen LogP contribution in [0, 0.1) is 0 Å². The Bertz CT molecular complexity index is 1250. The maximum atomic E-state index is 13.2. The third kappa shape index (κ3) is 3.10. The first kappa shape index (κ1) is 18.1. The number of para-hydroxylation sites is 1. The van der Waals surface area contributed by atoms with Gasteiger partial charge in [-0.2, -0.15) is 5.10 Å². The predicted molar refractivity (Wildman–Crippen MR) is 111 cm³/mol. The minimum Gasteiger partial charge on any atom is -0.496 e. The van der Waals surface area contributed by atoms with Crippen LogP contribution in [0.25, 0.3) is 11.0 Å². The van der Waals surface area contributed by atoms with Crippen LogP contribution in [-0.2, 0) is 0 Å². The number of carbonyl (C=O) groups is 1. The van der Waals surface area contributed by atoms with Crippen molar-refractivity contribution in [1.29, 1.82) is 0 Å². The Labute approximate surface area is 172 Å². The summed E-state index contributed by atoms with van der Waals surface area (Å²) < 4.78 is 10.8. The highest BCUT2D eigenvalue weighted by Gasteiger charge is 2.35.